The summed E-state index contributed by atoms with van der Waals surface area (Å²) in [5, 5.41) is 6.47. The molecule has 0 aromatic heterocycles. The van der Waals surface area contributed by atoms with Gasteiger partial charge >= 0.3 is 0 Å². The third-order valence-electron chi connectivity index (χ3n) is 4.52. The summed E-state index contributed by atoms with van der Waals surface area (Å²) in [6, 6.07) is 6.85. The van der Waals surface area contributed by atoms with E-state index < -0.39 is 10.0 Å². The van der Waals surface area contributed by atoms with Crippen molar-refractivity contribution in [2.24, 2.45) is 10.9 Å². The summed E-state index contributed by atoms with van der Waals surface area (Å²) in [4.78, 5) is 4.48. The third kappa shape index (κ3) is 8.75. The highest BCUT2D eigenvalue weighted by Crippen LogP contribution is 2.14. The van der Waals surface area contributed by atoms with Crippen LogP contribution < -0.4 is 10.6 Å². The molecule has 0 spiro atoms. The third-order valence-corrected chi connectivity index (χ3v) is 6.35. The van der Waals surface area contributed by atoms with E-state index in [4.69, 9.17) is 9.47 Å². The molecule has 1 heterocycles. The van der Waals surface area contributed by atoms with Gasteiger partial charge in [0.2, 0.25) is 10.0 Å². The molecule has 0 saturated carbocycles. The van der Waals surface area contributed by atoms with E-state index in [0.29, 0.717) is 25.0 Å². The number of halogens is 1. The molecule has 2 rings (SSSR count). The molecular formula is C19H33IN4O4S. The first-order chi connectivity index (χ1) is 13.4. The summed E-state index contributed by atoms with van der Waals surface area (Å²) in [7, 11) is 1.37. The second-order valence-corrected chi connectivity index (χ2v) is 9.09. The lowest BCUT2D eigenvalue weighted by molar-refractivity contribution is 0.0888. The lowest BCUT2D eigenvalue weighted by Gasteiger charge is -2.14. The number of nitrogens with one attached hydrogen (secondary N) is 2. The summed E-state index contributed by atoms with van der Waals surface area (Å²) in [5.74, 6) is 1.25. The Kier molecular flexibility index (Phi) is 12.0. The fourth-order valence-electron chi connectivity index (χ4n) is 2.74. The van der Waals surface area contributed by atoms with Crippen molar-refractivity contribution < 1.29 is 17.9 Å². The summed E-state index contributed by atoms with van der Waals surface area (Å²) in [6.07, 6.45) is 1.99. The number of hydrogen-bond donors (Lipinski definition) is 2. The van der Waals surface area contributed by atoms with Crippen LogP contribution in [0.25, 0.3) is 0 Å². The van der Waals surface area contributed by atoms with Crippen LogP contribution in [0.4, 0.5) is 0 Å². The van der Waals surface area contributed by atoms with Crippen LogP contribution in [-0.2, 0) is 26.0 Å². The zero-order valence-electron chi connectivity index (χ0n) is 17.4. The van der Waals surface area contributed by atoms with Crippen LogP contribution in [0.2, 0.25) is 0 Å². The van der Waals surface area contributed by atoms with Gasteiger partial charge in [-0.15, -0.1) is 24.0 Å². The Bertz CT molecular complexity index is 720. The summed E-state index contributed by atoms with van der Waals surface area (Å²) >= 11 is 0. The van der Waals surface area contributed by atoms with Crippen LogP contribution >= 0.6 is 24.0 Å². The smallest absolute Gasteiger partial charge is 0.242 e. The van der Waals surface area contributed by atoms with E-state index in [2.05, 4.69) is 15.6 Å². The summed E-state index contributed by atoms with van der Waals surface area (Å²) in [5.41, 5.74) is 0.975. The topological polar surface area (TPSA) is 92.3 Å². The number of ether oxygens (including phenoxy) is 2. The number of nitrogens with zero attached hydrogens (tertiary/aromatic N) is 2. The second-order valence-electron chi connectivity index (χ2n) is 6.94. The number of guanidine groups is 1. The van der Waals surface area contributed by atoms with Gasteiger partial charge in [-0.05, 0) is 30.5 Å². The van der Waals surface area contributed by atoms with Gasteiger partial charge in [0.05, 0.1) is 18.1 Å². The maximum absolute atomic E-state index is 12.1. The van der Waals surface area contributed by atoms with Crippen LogP contribution in [0.15, 0.2) is 34.2 Å². The van der Waals surface area contributed by atoms with Crippen molar-refractivity contribution in [3.05, 3.63) is 29.8 Å². The van der Waals surface area contributed by atoms with Crippen molar-refractivity contribution in [2.75, 3.05) is 54.1 Å². The summed E-state index contributed by atoms with van der Waals surface area (Å²) < 4.78 is 36.4. The molecule has 166 valence electrons. The van der Waals surface area contributed by atoms with Gasteiger partial charge in [0.15, 0.2) is 5.96 Å². The molecule has 1 aromatic carbocycles. The predicted octanol–water partition coefficient (Wildman–Crippen LogP) is 1.66. The molecule has 29 heavy (non-hydrogen) atoms. The zero-order valence-corrected chi connectivity index (χ0v) is 20.5. The number of aliphatic imine (C=N–C) groups is 1. The van der Waals surface area contributed by atoms with Crippen molar-refractivity contribution in [3.8, 4) is 0 Å². The first-order valence-electron chi connectivity index (χ1n) is 9.55. The average molecular weight is 540 g/mol. The number of hydrogen-bond acceptors (Lipinski definition) is 5. The molecule has 1 aliphatic heterocycles. The summed E-state index contributed by atoms with van der Waals surface area (Å²) in [6.45, 7) is 4.47. The van der Waals surface area contributed by atoms with E-state index in [1.165, 1.54) is 18.4 Å². The lowest BCUT2D eigenvalue weighted by Crippen LogP contribution is -2.37. The second kappa shape index (κ2) is 13.4. The monoisotopic (exact) mass is 540 g/mol. The van der Waals surface area contributed by atoms with Crippen molar-refractivity contribution in [3.63, 3.8) is 0 Å². The molecule has 0 radical (unpaired) electrons. The molecule has 2 N–H and O–H groups in total. The van der Waals surface area contributed by atoms with Gasteiger partial charge in [0.25, 0.3) is 0 Å². The fourth-order valence-corrected chi connectivity index (χ4v) is 3.64. The zero-order chi connectivity index (χ0) is 20.4. The Labute approximate surface area is 191 Å². The van der Waals surface area contributed by atoms with Gasteiger partial charge in [0.1, 0.15) is 0 Å². The largest absolute Gasteiger partial charge is 0.381 e. The van der Waals surface area contributed by atoms with E-state index in [-0.39, 0.29) is 28.9 Å². The van der Waals surface area contributed by atoms with Gasteiger partial charge in [-0.2, -0.15) is 0 Å². The highest BCUT2D eigenvalue weighted by Gasteiger charge is 2.16. The molecule has 0 aliphatic carbocycles. The Morgan fingerprint density at radius 1 is 1.28 bits per heavy atom. The quantitative estimate of drug-likeness (QED) is 0.203. The first-order valence-corrected chi connectivity index (χ1v) is 11.0. The number of benzene rings is 1. The Morgan fingerprint density at radius 3 is 2.59 bits per heavy atom. The Morgan fingerprint density at radius 2 is 2.00 bits per heavy atom. The minimum atomic E-state index is -3.40. The van der Waals surface area contributed by atoms with E-state index in [1.807, 2.05) is 0 Å². The van der Waals surface area contributed by atoms with Gasteiger partial charge in [-0.3, -0.25) is 4.99 Å². The highest BCUT2D eigenvalue weighted by atomic mass is 127. The van der Waals surface area contributed by atoms with E-state index >= 15 is 0 Å². The molecule has 1 saturated heterocycles. The molecule has 1 aromatic rings. The predicted molar refractivity (Wildman–Crippen MR) is 125 cm³/mol. The molecule has 8 nitrogen and oxygen atoms in total. The molecular weight excluding hydrogens is 507 g/mol. The molecule has 1 unspecified atom stereocenters. The standard InChI is InChI=1S/C19H32N4O4S.HI/c1-20-19(21-10-4-11-26-14-17-9-12-27-15-17)22-13-16-5-7-18(8-6-16)28(24,25)23(2)3;/h5-8,17H,4,9-15H2,1-3H3,(H2,20,21,22);1H. The SMILES string of the molecule is CN=C(NCCCOCC1CCOC1)NCc1ccc(S(=O)(=O)N(C)C)cc1.I. The molecule has 1 aliphatic rings. The molecule has 0 amide bonds. The maximum atomic E-state index is 12.1. The maximum Gasteiger partial charge on any atom is 0.242 e. The average Bonchev–Trinajstić information content (AvgIpc) is 3.20. The van der Waals surface area contributed by atoms with Crippen molar-refractivity contribution in [1.29, 1.82) is 0 Å². The fraction of sp³-hybridized carbons (Fsp3) is 0.632. The molecule has 1 atom stereocenters. The van der Waals surface area contributed by atoms with Crippen molar-refractivity contribution in [2.45, 2.75) is 24.3 Å². The Balaban J connectivity index is 0.00000420. The number of sulfonamides is 1. The highest BCUT2D eigenvalue weighted by molar-refractivity contribution is 14.0. The molecule has 10 heteroatoms. The number of rotatable bonds is 10. The van der Waals surface area contributed by atoms with Crippen LogP contribution in [0.1, 0.15) is 18.4 Å². The van der Waals surface area contributed by atoms with Crippen molar-refractivity contribution >= 4 is 40.0 Å². The van der Waals surface area contributed by atoms with Crippen LogP contribution in [0.5, 0.6) is 0 Å². The van der Waals surface area contributed by atoms with Gasteiger partial charge in [-0.1, -0.05) is 12.1 Å². The molecule has 0 bridgehead atoms. The van der Waals surface area contributed by atoms with E-state index in [1.54, 1.807) is 31.3 Å². The minimum Gasteiger partial charge on any atom is -0.381 e. The van der Waals surface area contributed by atoms with Gasteiger partial charge < -0.3 is 20.1 Å². The van der Waals surface area contributed by atoms with Gasteiger partial charge in [0, 0.05) is 53.4 Å². The normalized spacial score (nSPS) is 17.2. The van der Waals surface area contributed by atoms with Gasteiger partial charge in [-0.25, -0.2) is 12.7 Å². The molecule has 1 fully saturated rings. The minimum absolute atomic E-state index is 0. The van der Waals surface area contributed by atoms with Crippen LogP contribution in [-0.4, -0.2) is 72.8 Å². The van der Waals surface area contributed by atoms with Crippen LogP contribution in [0, 0.1) is 5.92 Å². The van der Waals surface area contributed by atoms with E-state index in [9.17, 15) is 8.42 Å². The Hall–Kier alpha value is -0.950. The van der Waals surface area contributed by atoms with Crippen LogP contribution in [0.3, 0.4) is 0 Å². The van der Waals surface area contributed by atoms with E-state index in [0.717, 1.165) is 44.8 Å². The van der Waals surface area contributed by atoms with Crippen molar-refractivity contribution in [1.82, 2.24) is 14.9 Å². The lowest BCUT2D eigenvalue weighted by atomic mass is 10.1. The first kappa shape index (κ1) is 26.1.